The minimum atomic E-state index is -0.110. The maximum absolute atomic E-state index is 12.3. The van der Waals surface area contributed by atoms with Crippen LogP contribution in [0.15, 0.2) is 71.5 Å². The number of amides is 1. The van der Waals surface area contributed by atoms with Gasteiger partial charge in [-0.3, -0.25) is 4.79 Å². The van der Waals surface area contributed by atoms with E-state index in [2.05, 4.69) is 45.4 Å². The number of carbonyl (C=O) groups excluding carboxylic acids is 1. The van der Waals surface area contributed by atoms with Gasteiger partial charge in [0.2, 0.25) is 0 Å². The van der Waals surface area contributed by atoms with E-state index < -0.39 is 0 Å². The van der Waals surface area contributed by atoms with Gasteiger partial charge in [0, 0.05) is 17.2 Å². The van der Waals surface area contributed by atoms with Crippen LogP contribution in [0.2, 0.25) is 0 Å². The van der Waals surface area contributed by atoms with Crippen LogP contribution in [0.4, 0.5) is 0 Å². The molecule has 122 valence electrons. The Balaban J connectivity index is 1.63. The average molecular weight is 384 g/mol. The second kappa shape index (κ2) is 7.45. The number of benzene rings is 2. The van der Waals surface area contributed by atoms with Crippen LogP contribution in [-0.2, 0) is 0 Å². The monoisotopic (exact) mass is 383 g/mol. The molecule has 1 aromatic heterocycles. The maximum atomic E-state index is 12.3. The molecular formula is C19H18BrN3O. The second-order valence-corrected chi connectivity index (χ2v) is 6.59. The minimum absolute atomic E-state index is 0.110. The van der Waals surface area contributed by atoms with Crippen LogP contribution in [0.5, 0.6) is 0 Å². The van der Waals surface area contributed by atoms with Gasteiger partial charge in [0.25, 0.3) is 5.91 Å². The number of hydrogen-bond acceptors (Lipinski definition) is 2. The molecule has 0 aliphatic heterocycles. The van der Waals surface area contributed by atoms with E-state index in [4.69, 9.17) is 0 Å². The van der Waals surface area contributed by atoms with Crippen LogP contribution < -0.4 is 5.32 Å². The molecule has 0 fully saturated rings. The fourth-order valence-corrected chi connectivity index (χ4v) is 2.69. The number of nitrogens with one attached hydrogen (secondary N) is 1. The number of hydrogen-bond donors (Lipinski definition) is 1. The predicted octanol–water partition coefficient (Wildman–Crippen LogP) is 4.17. The summed E-state index contributed by atoms with van der Waals surface area (Å²) in [7, 11) is 0. The Morgan fingerprint density at radius 1 is 1.17 bits per heavy atom. The minimum Gasteiger partial charge on any atom is -0.351 e. The lowest BCUT2D eigenvalue weighted by Gasteiger charge is -2.12. The molecule has 4 nitrogen and oxygen atoms in total. The molecule has 3 rings (SSSR count). The molecule has 0 radical (unpaired) electrons. The van der Waals surface area contributed by atoms with Gasteiger partial charge in [0.05, 0.1) is 17.4 Å². The van der Waals surface area contributed by atoms with Crippen LogP contribution in [0.25, 0.3) is 5.69 Å². The van der Waals surface area contributed by atoms with E-state index in [1.165, 1.54) is 5.56 Å². The first kappa shape index (κ1) is 16.5. The Morgan fingerprint density at radius 2 is 1.88 bits per heavy atom. The fourth-order valence-electron chi connectivity index (χ4n) is 2.42. The standard InChI is InChI=1S/C19H18BrN3O/c1-14(15-5-3-2-4-6-15)11-21-19(24)16-12-22-23(13-16)18-9-7-17(20)8-10-18/h2-10,12-14H,11H2,1H3,(H,21,24). The Morgan fingerprint density at radius 3 is 2.58 bits per heavy atom. The lowest BCUT2D eigenvalue weighted by molar-refractivity contribution is 0.0951. The first-order valence-electron chi connectivity index (χ1n) is 7.77. The smallest absolute Gasteiger partial charge is 0.254 e. The normalized spacial score (nSPS) is 11.9. The van der Waals surface area contributed by atoms with Gasteiger partial charge >= 0.3 is 0 Å². The van der Waals surface area contributed by atoms with Crippen LogP contribution >= 0.6 is 15.9 Å². The van der Waals surface area contributed by atoms with Crippen molar-refractivity contribution >= 4 is 21.8 Å². The van der Waals surface area contributed by atoms with Gasteiger partial charge in [0.1, 0.15) is 0 Å². The highest BCUT2D eigenvalue weighted by Crippen LogP contribution is 2.15. The van der Waals surface area contributed by atoms with Crippen molar-refractivity contribution < 1.29 is 4.79 Å². The number of nitrogens with zero attached hydrogens (tertiary/aromatic N) is 2. The van der Waals surface area contributed by atoms with Crippen molar-refractivity contribution in [2.75, 3.05) is 6.54 Å². The SMILES string of the molecule is CC(CNC(=O)c1cnn(-c2ccc(Br)cc2)c1)c1ccccc1. The molecule has 5 heteroatoms. The summed E-state index contributed by atoms with van der Waals surface area (Å²) in [6, 6.07) is 17.9. The van der Waals surface area contributed by atoms with Gasteiger partial charge in [0.15, 0.2) is 0 Å². The van der Waals surface area contributed by atoms with E-state index in [0.717, 1.165) is 10.2 Å². The Hall–Kier alpha value is -2.40. The van der Waals surface area contributed by atoms with Crippen LogP contribution in [0.1, 0.15) is 28.8 Å². The van der Waals surface area contributed by atoms with Gasteiger partial charge in [-0.2, -0.15) is 5.10 Å². The summed E-state index contributed by atoms with van der Waals surface area (Å²) in [5, 5.41) is 7.23. The van der Waals surface area contributed by atoms with Gasteiger partial charge in [-0.25, -0.2) is 4.68 Å². The largest absolute Gasteiger partial charge is 0.351 e. The zero-order valence-corrected chi connectivity index (χ0v) is 14.9. The predicted molar refractivity (Wildman–Crippen MR) is 98.5 cm³/mol. The lowest BCUT2D eigenvalue weighted by atomic mass is 10.0. The highest BCUT2D eigenvalue weighted by molar-refractivity contribution is 9.10. The van der Waals surface area contributed by atoms with E-state index in [0.29, 0.717) is 12.1 Å². The summed E-state index contributed by atoms with van der Waals surface area (Å²) in [5.41, 5.74) is 2.68. The first-order chi connectivity index (χ1) is 11.6. The highest BCUT2D eigenvalue weighted by Gasteiger charge is 2.11. The number of carbonyl (C=O) groups is 1. The van der Waals surface area contributed by atoms with E-state index in [-0.39, 0.29) is 11.8 Å². The van der Waals surface area contributed by atoms with Gasteiger partial charge in [-0.05, 0) is 35.7 Å². The number of halogens is 1. The molecule has 1 heterocycles. The van der Waals surface area contributed by atoms with Crippen molar-refractivity contribution in [3.8, 4) is 5.69 Å². The van der Waals surface area contributed by atoms with E-state index >= 15 is 0 Å². The van der Waals surface area contributed by atoms with Gasteiger partial charge in [-0.1, -0.05) is 53.2 Å². The summed E-state index contributed by atoms with van der Waals surface area (Å²) in [6.45, 7) is 2.69. The van der Waals surface area contributed by atoms with Crippen LogP contribution in [-0.4, -0.2) is 22.2 Å². The molecule has 2 aromatic carbocycles. The zero-order chi connectivity index (χ0) is 16.9. The van der Waals surface area contributed by atoms with E-state index in [9.17, 15) is 4.79 Å². The third kappa shape index (κ3) is 3.92. The molecule has 1 atom stereocenters. The molecule has 0 saturated heterocycles. The van der Waals surface area contributed by atoms with Crippen molar-refractivity contribution in [2.24, 2.45) is 0 Å². The molecule has 0 bridgehead atoms. The molecule has 0 saturated carbocycles. The topological polar surface area (TPSA) is 46.9 Å². The highest BCUT2D eigenvalue weighted by atomic mass is 79.9. The number of aromatic nitrogens is 2. The summed E-state index contributed by atoms with van der Waals surface area (Å²) in [6.07, 6.45) is 3.33. The number of rotatable bonds is 5. The first-order valence-corrected chi connectivity index (χ1v) is 8.56. The fraction of sp³-hybridized carbons (Fsp3) is 0.158. The van der Waals surface area contributed by atoms with Crippen molar-refractivity contribution in [3.63, 3.8) is 0 Å². The molecule has 24 heavy (non-hydrogen) atoms. The maximum Gasteiger partial charge on any atom is 0.254 e. The molecule has 1 unspecified atom stereocenters. The summed E-state index contributed by atoms with van der Waals surface area (Å²) in [5.74, 6) is 0.151. The van der Waals surface area contributed by atoms with E-state index in [1.807, 2.05) is 42.5 Å². The van der Waals surface area contributed by atoms with E-state index in [1.54, 1.807) is 17.1 Å². The van der Waals surface area contributed by atoms with Gasteiger partial charge in [-0.15, -0.1) is 0 Å². The van der Waals surface area contributed by atoms with Crippen molar-refractivity contribution in [3.05, 3.63) is 82.6 Å². The molecule has 0 aliphatic carbocycles. The second-order valence-electron chi connectivity index (χ2n) is 5.67. The Kier molecular flexibility index (Phi) is 5.11. The summed E-state index contributed by atoms with van der Waals surface area (Å²) in [4.78, 5) is 12.3. The Bertz CT molecular complexity index is 812. The molecule has 0 spiro atoms. The average Bonchev–Trinajstić information content (AvgIpc) is 3.11. The van der Waals surface area contributed by atoms with Crippen molar-refractivity contribution in [1.82, 2.24) is 15.1 Å². The van der Waals surface area contributed by atoms with Crippen molar-refractivity contribution in [1.29, 1.82) is 0 Å². The molecular weight excluding hydrogens is 366 g/mol. The molecule has 1 N–H and O–H groups in total. The molecule has 0 aliphatic rings. The van der Waals surface area contributed by atoms with Crippen LogP contribution in [0.3, 0.4) is 0 Å². The third-order valence-corrected chi connectivity index (χ3v) is 4.40. The lowest BCUT2D eigenvalue weighted by Crippen LogP contribution is -2.27. The quantitative estimate of drug-likeness (QED) is 0.718. The zero-order valence-electron chi connectivity index (χ0n) is 13.3. The summed E-state index contributed by atoms with van der Waals surface area (Å²) < 4.78 is 2.70. The third-order valence-electron chi connectivity index (χ3n) is 3.87. The van der Waals surface area contributed by atoms with Crippen LogP contribution in [0, 0.1) is 0 Å². The molecule has 1 amide bonds. The Labute approximate surface area is 149 Å². The summed E-state index contributed by atoms with van der Waals surface area (Å²) >= 11 is 3.41. The van der Waals surface area contributed by atoms with Gasteiger partial charge < -0.3 is 5.32 Å². The van der Waals surface area contributed by atoms with Crippen molar-refractivity contribution in [2.45, 2.75) is 12.8 Å². The molecule has 3 aromatic rings.